The topological polar surface area (TPSA) is 395 Å². The number of Topliss-reactive ketones (excluding diaryl/α,β-unsaturated/α-hetero) is 3. The van der Waals surface area contributed by atoms with E-state index in [-0.39, 0.29) is 145 Å². The third-order valence-electron chi connectivity index (χ3n) is 14.0. The maximum atomic E-state index is 12.8. The minimum Gasteiger partial charge on any atom is -0.504 e. The Morgan fingerprint density at radius 1 is 0.494 bits per heavy atom. The average molecular weight is 1130 g/mol. The summed E-state index contributed by atoms with van der Waals surface area (Å²) >= 11 is 0. The zero-order chi connectivity index (χ0) is 60.4. The lowest BCUT2D eigenvalue weighted by Gasteiger charge is -2.36. The fourth-order valence-electron chi connectivity index (χ4n) is 10.6. The van der Waals surface area contributed by atoms with Gasteiger partial charge < -0.3 is 66.0 Å². The van der Waals surface area contributed by atoms with E-state index >= 15 is 0 Å². The molecule has 3 aliphatic carbocycles. The molecule has 0 bridgehead atoms. The van der Waals surface area contributed by atoms with E-state index in [2.05, 4.69) is 0 Å². The van der Waals surface area contributed by atoms with Gasteiger partial charge in [0.05, 0.1) is 52.8 Å². The number of phenolic OH excluding ortho intramolecular Hbond substituents is 3. The number of hydrogen-bond donors (Lipinski definition) is 7. The van der Waals surface area contributed by atoms with Gasteiger partial charge in [-0.1, -0.05) is 59.7 Å². The van der Waals surface area contributed by atoms with Crippen molar-refractivity contribution in [2.75, 3.05) is 27.9 Å². The SMILES string of the molecule is CCO.COc1cc(C2C3=C(CC(C)(C)CC3=O)OC(N)=C2[N+](=O)[O-])ccc1O.COc1cc(C2C3=C(CC(C)(C)CC3=O)OC(N)=C2[N+](=O)[O-])ccc1O.COc1cc(C2C3=C(CC(C)(C)CC3=O)OC(N)=C2[N+](=O)[O-])ccc1O. The number of nitrogens with two attached hydrogens (primary N) is 3. The minimum absolute atomic E-state index is 0.103. The Morgan fingerprint density at radius 2 is 0.716 bits per heavy atom. The third kappa shape index (κ3) is 12.8. The molecule has 3 aliphatic heterocycles. The first-order valence-corrected chi connectivity index (χ1v) is 25.3. The minimum atomic E-state index is -0.980. The molecule has 0 aromatic heterocycles. The lowest BCUT2D eigenvalue weighted by Crippen LogP contribution is -2.35. The van der Waals surface area contributed by atoms with E-state index < -0.39 is 32.5 Å². The summed E-state index contributed by atoms with van der Waals surface area (Å²) in [6.45, 7) is 13.5. The molecule has 81 heavy (non-hydrogen) atoms. The highest BCUT2D eigenvalue weighted by Crippen LogP contribution is 2.52. The molecule has 25 nitrogen and oxygen atoms in total. The number of allylic oxidation sites excluding steroid dienone is 6. The normalized spacial score (nSPS) is 21.4. The monoisotopic (exact) mass is 1130 g/mol. The second kappa shape index (κ2) is 23.7. The highest BCUT2D eigenvalue weighted by molar-refractivity contribution is 6.01. The van der Waals surface area contributed by atoms with Gasteiger partial charge in [-0.25, -0.2) is 0 Å². The lowest BCUT2D eigenvalue weighted by molar-refractivity contribution is -0.433. The molecule has 0 amide bonds. The summed E-state index contributed by atoms with van der Waals surface area (Å²) in [5.74, 6) is -3.28. The van der Waals surface area contributed by atoms with Crippen LogP contribution in [0.1, 0.15) is 121 Å². The molecule has 3 unspecified atom stereocenters. The van der Waals surface area contributed by atoms with Crippen molar-refractivity contribution in [1.29, 1.82) is 0 Å². The van der Waals surface area contributed by atoms with Gasteiger partial charge in [-0.05, 0) is 76.3 Å². The standard InChI is InChI=1S/3C18H20N2O6.C2H6O/c3*1-18(2)7-11(22)15-13(8-18)26-17(19)16(20(23)24)14(15)9-4-5-10(21)12(6-9)25-3;1-2-3/h3*4-6,14,21H,7-8,19H2,1-3H3;3H,2H2,1H3. The van der Waals surface area contributed by atoms with E-state index in [0.29, 0.717) is 53.2 Å². The number of methoxy groups -OCH3 is 3. The van der Waals surface area contributed by atoms with Gasteiger partial charge in [0.1, 0.15) is 35.0 Å². The van der Waals surface area contributed by atoms with Crippen molar-refractivity contribution in [3.63, 3.8) is 0 Å². The molecule has 9 rings (SSSR count). The summed E-state index contributed by atoms with van der Waals surface area (Å²) in [5, 5.41) is 72.0. The summed E-state index contributed by atoms with van der Waals surface area (Å²) in [6, 6.07) is 13.1. The van der Waals surface area contributed by atoms with Crippen molar-refractivity contribution in [3.8, 4) is 34.5 Å². The van der Waals surface area contributed by atoms with E-state index in [0.717, 1.165) is 0 Å². The first-order valence-electron chi connectivity index (χ1n) is 25.3. The van der Waals surface area contributed by atoms with E-state index in [1.807, 2.05) is 41.5 Å². The molecule has 0 saturated heterocycles. The van der Waals surface area contributed by atoms with Crippen molar-refractivity contribution in [2.45, 2.75) is 105 Å². The molecule has 0 saturated carbocycles. The predicted octanol–water partition coefficient (Wildman–Crippen LogP) is 7.69. The number of ether oxygens (including phenoxy) is 6. The Kier molecular flexibility index (Phi) is 17.9. The molecule has 3 aromatic carbocycles. The molecule has 25 heteroatoms. The number of benzene rings is 3. The van der Waals surface area contributed by atoms with Crippen LogP contribution in [-0.2, 0) is 28.6 Å². The quantitative estimate of drug-likeness (QED) is 0.0797. The van der Waals surface area contributed by atoms with Crippen LogP contribution >= 0.6 is 0 Å². The summed E-state index contributed by atoms with van der Waals surface area (Å²) < 4.78 is 31.8. The molecule has 0 spiro atoms. The van der Waals surface area contributed by atoms with Crippen molar-refractivity contribution in [3.05, 3.63) is 170 Å². The molecule has 0 fully saturated rings. The average Bonchev–Trinajstić information content (AvgIpc) is 3.37. The fourth-order valence-corrected chi connectivity index (χ4v) is 10.6. The van der Waals surface area contributed by atoms with Crippen LogP contribution in [0.3, 0.4) is 0 Å². The Labute approximate surface area is 465 Å². The maximum Gasteiger partial charge on any atom is 0.317 e. The second-order valence-electron chi connectivity index (χ2n) is 22.1. The van der Waals surface area contributed by atoms with Gasteiger partial charge in [-0.3, -0.25) is 44.7 Å². The van der Waals surface area contributed by atoms with Crippen LogP contribution in [0.15, 0.2) is 123 Å². The molecule has 3 aromatic rings. The fraction of sp³-hybridized carbons (Fsp3) is 0.411. The molecule has 3 atom stereocenters. The first-order chi connectivity index (χ1) is 37.8. The number of nitrogens with zero attached hydrogens (tertiary/aromatic N) is 3. The number of rotatable bonds is 9. The number of aliphatic hydroxyl groups is 1. The van der Waals surface area contributed by atoms with Crippen LogP contribution in [-0.4, -0.2) is 80.5 Å². The largest absolute Gasteiger partial charge is 0.504 e. The summed E-state index contributed by atoms with van der Waals surface area (Å²) in [7, 11) is 4.13. The summed E-state index contributed by atoms with van der Waals surface area (Å²) in [4.78, 5) is 71.5. The molecule has 10 N–H and O–H groups in total. The van der Waals surface area contributed by atoms with Crippen molar-refractivity contribution >= 4 is 17.3 Å². The molecular weight excluding hydrogens is 1060 g/mol. The first kappa shape index (κ1) is 61.1. The number of phenols is 3. The Morgan fingerprint density at radius 3 is 0.914 bits per heavy atom. The summed E-state index contributed by atoms with van der Waals surface area (Å²) in [5.41, 5.74) is 17.4. The highest BCUT2D eigenvalue weighted by Gasteiger charge is 2.51. The summed E-state index contributed by atoms with van der Waals surface area (Å²) in [6.07, 6.45) is 2.12. The number of nitro groups is 3. The lowest BCUT2D eigenvalue weighted by atomic mass is 9.71. The van der Waals surface area contributed by atoms with E-state index in [9.17, 15) is 60.0 Å². The van der Waals surface area contributed by atoms with E-state index in [1.165, 1.54) is 75.9 Å². The van der Waals surface area contributed by atoms with Gasteiger partial charge in [-0.2, -0.15) is 0 Å². The van der Waals surface area contributed by atoms with Gasteiger partial charge >= 0.3 is 17.1 Å². The number of aromatic hydroxyl groups is 3. The molecule has 0 radical (unpaired) electrons. The zero-order valence-corrected chi connectivity index (χ0v) is 46.4. The number of carbonyl (C=O) groups is 3. The van der Waals surface area contributed by atoms with Gasteiger partial charge in [0, 0.05) is 45.1 Å². The molecule has 6 aliphatic rings. The van der Waals surface area contributed by atoms with Gasteiger partial charge in [0.15, 0.2) is 51.8 Å². The van der Waals surface area contributed by atoms with Crippen LogP contribution in [0.5, 0.6) is 34.5 Å². The van der Waals surface area contributed by atoms with Crippen molar-refractivity contribution in [1.82, 2.24) is 0 Å². The van der Waals surface area contributed by atoms with Crippen molar-refractivity contribution < 1.29 is 78.0 Å². The number of carbonyl (C=O) groups excluding carboxylic acids is 3. The van der Waals surface area contributed by atoms with Gasteiger partial charge in [0.25, 0.3) is 17.6 Å². The van der Waals surface area contributed by atoms with E-state index in [4.69, 9.17) is 50.7 Å². The number of hydrogen-bond acceptors (Lipinski definition) is 22. The number of aliphatic hydroxyl groups excluding tert-OH is 1. The number of ketones is 3. The zero-order valence-electron chi connectivity index (χ0n) is 46.4. The Hall–Kier alpha value is -9.13. The van der Waals surface area contributed by atoms with Gasteiger partial charge in [0.2, 0.25) is 0 Å². The maximum absolute atomic E-state index is 12.8. The third-order valence-corrected chi connectivity index (χ3v) is 14.0. The molecule has 434 valence electrons. The van der Waals surface area contributed by atoms with Crippen LogP contribution in [0.2, 0.25) is 0 Å². The smallest absolute Gasteiger partial charge is 0.317 e. The highest BCUT2D eigenvalue weighted by atomic mass is 16.6. The van der Waals surface area contributed by atoms with Crippen LogP contribution in [0, 0.1) is 46.6 Å². The Bertz CT molecular complexity index is 2970. The predicted molar refractivity (Wildman–Crippen MR) is 288 cm³/mol. The van der Waals surface area contributed by atoms with Crippen LogP contribution < -0.4 is 31.4 Å². The van der Waals surface area contributed by atoms with Crippen LogP contribution in [0.25, 0.3) is 0 Å². The second-order valence-corrected chi connectivity index (χ2v) is 22.1. The van der Waals surface area contributed by atoms with Crippen LogP contribution in [0.4, 0.5) is 0 Å². The Balaban J connectivity index is 0.000000191. The van der Waals surface area contributed by atoms with Gasteiger partial charge in [-0.15, -0.1) is 0 Å². The van der Waals surface area contributed by atoms with E-state index in [1.54, 1.807) is 6.92 Å². The van der Waals surface area contributed by atoms with Crippen molar-refractivity contribution in [2.24, 2.45) is 33.4 Å². The molecule has 3 heterocycles. The molecular formula is C56H66N6O19.